The number of piperidine rings is 1. The molecule has 0 radical (unpaired) electrons. The van der Waals surface area contributed by atoms with Gasteiger partial charge in [0, 0.05) is 25.7 Å². The summed E-state index contributed by atoms with van der Waals surface area (Å²) in [6.07, 6.45) is 2.55. The molecule has 0 saturated carbocycles. The van der Waals surface area contributed by atoms with Crippen LogP contribution in [0.5, 0.6) is 0 Å². The highest BCUT2D eigenvalue weighted by Gasteiger charge is 2.43. The number of carboxylic acids is 1. The van der Waals surface area contributed by atoms with Gasteiger partial charge in [0.2, 0.25) is 0 Å². The lowest BCUT2D eigenvalue weighted by Gasteiger charge is -2.37. The first-order valence-electron chi connectivity index (χ1n) is 6.84. The number of carbonyl (C=O) groups is 1. The lowest BCUT2D eigenvalue weighted by molar-refractivity contribution is -0.142. The molecule has 3 fully saturated rings. The topological polar surface area (TPSA) is 43.8 Å². The average molecular weight is 238 g/mol. The van der Waals surface area contributed by atoms with E-state index in [-0.39, 0.29) is 5.92 Å². The van der Waals surface area contributed by atoms with E-state index in [9.17, 15) is 9.90 Å². The Hall–Kier alpha value is -0.610. The fourth-order valence-corrected chi connectivity index (χ4v) is 4.01. The van der Waals surface area contributed by atoms with Gasteiger partial charge in [0.15, 0.2) is 0 Å². The highest BCUT2D eigenvalue weighted by molar-refractivity contribution is 5.71. The van der Waals surface area contributed by atoms with Gasteiger partial charge in [0.25, 0.3) is 0 Å². The quantitative estimate of drug-likeness (QED) is 0.770. The zero-order valence-corrected chi connectivity index (χ0v) is 10.5. The van der Waals surface area contributed by atoms with Gasteiger partial charge in [-0.3, -0.25) is 9.69 Å². The van der Waals surface area contributed by atoms with Crippen LogP contribution in [-0.2, 0) is 4.79 Å². The smallest absolute Gasteiger partial charge is 0.308 e. The molecule has 0 spiro atoms. The molecule has 0 amide bonds. The summed E-state index contributed by atoms with van der Waals surface area (Å²) < 4.78 is 0. The van der Waals surface area contributed by atoms with Crippen LogP contribution >= 0.6 is 0 Å². The van der Waals surface area contributed by atoms with Gasteiger partial charge in [-0.1, -0.05) is 6.92 Å². The van der Waals surface area contributed by atoms with Crippen molar-refractivity contribution >= 4 is 5.97 Å². The minimum absolute atomic E-state index is 0.144. The summed E-state index contributed by atoms with van der Waals surface area (Å²) in [7, 11) is 0. The molecule has 4 heteroatoms. The van der Waals surface area contributed by atoms with E-state index in [2.05, 4.69) is 16.7 Å². The molecule has 96 valence electrons. The molecule has 17 heavy (non-hydrogen) atoms. The zero-order valence-electron chi connectivity index (χ0n) is 10.5. The van der Waals surface area contributed by atoms with Crippen molar-refractivity contribution in [2.75, 3.05) is 32.7 Å². The number of aliphatic carboxylic acids is 1. The van der Waals surface area contributed by atoms with Crippen molar-refractivity contribution in [1.29, 1.82) is 0 Å². The molecule has 0 aliphatic carbocycles. The van der Waals surface area contributed by atoms with E-state index < -0.39 is 5.97 Å². The van der Waals surface area contributed by atoms with Crippen molar-refractivity contribution in [2.24, 2.45) is 17.8 Å². The first-order valence-corrected chi connectivity index (χ1v) is 6.84. The van der Waals surface area contributed by atoms with E-state index in [0.29, 0.717) is 12.0 Å². The average Bonchev–Trinajstić information content (AvgIpc) is 2.84. The molecule has 3 heterocycles. The van der Waals surface area contributed by atoms with Gasteiger partial charge in [0.1, 0.15) is 0 Å². The van der Waals surface area contributed by atoms with Crippen LogP contribution in [-0.4, -0.2) is 59.6 Å². The van der Waals surface area contributed by atoms with Gasteiger partial charge < -0.3 is 10.0 Å². The number of hydrogen-bond donors (Lipinski definition) is 1. The van der Waals surface area contributed by atoms with Crippen molar-refractivity contribution in [3.63, 3.8) is 0 Å². The zero-order chi connectivity index (χ0) is 12.0. The van der Waals surface area contributed by atoms with Gasteiger partial charge >= 0.3 is 5.97 Å². The lowest BCUT2D eigenvalue weighted by atomic mass is 9.93. The van der Waals surface area contributed by atoms with Crippen molar-refractivity contribution < 1.29 is 9.90 Å². The highest BCUT2D eigenvalue weighted by atomic mass is 16.4. The van der Waals surface area contributed by atoms with Crippen LogP contribution < -0.4 is 0 Å². The second-order valence-electron chi connectivity index (χ2n) is 6.08. The molecule has 5 unspecified atom stereocenters. The van der Waals surface area contributed by atoms with Gasteiger partial charge in [-0.25, -0.2) is 0 Å². The third-order valence-corrected chi connectivity index (χ3v) is 5.02. The number of nitrogens with zero attached hydrogens (tertiary/aromatic N) is 2. The largest absolute Gasteiger partial charge is 0.481 e. The minimum Gasteiger partial charge on any atom is -0.481 e. The molecule has 2 bridgehead atoms. The number of rotatable bonds is 2. The monoisotopic (exact) mass is 238 g/mol. The normalized spacial score (nSPS) is 46.3. The van der Waals surface area contributed by atoms with Crippen LogP contribution in [0.1, 0.15) is 19.8 Å². The fourth-order valence-electron chi connectivity index (χ4n) is 4.01. The summed E-state index contributed by atoms with van der Waals surface area (Å²) in [5, 5.41) is 9.20. The Labute approximate surface area is 103 Å². The molecule has 1 N–H and O–H groups in total. The first kappa shape index (κ1) is 11.5. The van der Waals surface area contributed by atoms with Gasteiger partial charge in [-0.05, 0) is 37.8 Å². The van der Waals surface area contributed by atoms with Crippen LogP contribution in [0.25, 0.3) is 0 Å². The standard InChI is InChI=1S/C13H22N2O2/c1-9-6-15(8-11(9)13(16)17)12-3-5-14-4-2-10(12)7-14/h9-12H,2-8H2,1H3,(H,16,17). The molecule has 3 aliphatic rings. The van der Waals surface area contributed by atoms with Gasteiger partial charge in [-0.15, -0.1) is 0 Å². The Morgan fingerprint density at radius 2 is 1.94 bits per heavy atom. The molecule has 4 nitrogen and oxygen atoms in total. The maximum atomic E-state index is 11.2. The first-order chi connectivity index (χ1) is 8.15. The van der Waals surface area contributed by atoms with E-state index >= 15 is 0 Å². The lowest BCUT2D eigenvalue weighted by Crippen LogP contribution is -2.45. The molecular weight excluding hydrogens is 216 g/mol. The summed E-state index contributed by atoms with van der Waals surface area (Å²) in [6, 6.07) is 0.653. The van der Waals surface area contributed by atoms with Crippen LogP contribution in [0, 0.1) is 17.8 Å². The van der Waals surface area contributed by atoms with E-state index in [4.69, 9.17) is 0 Å². The molecular formula is C13H22N2O2. The summed E-state index contributed by atoms with van der Waals surface area (Å²) >= 11 is 0. The third kappa shape index (κ3) is 1.97. The Kier molecular flexibility index (Phi) is 2.87. The van der Waals surface area contributed by atoms with Crippen molar-refractivity contribution in [3.8, 4) is 0 Å². The Bertz CT molecular complexity index is 321. The predicted octanol–water partition coefficient (Wildman–Crippen LogP) is 0.733. The van der Waals surface area contributed by atoms with Gasteiger partial charge in [0.05, 0.1) is 5.92 Å². The molecule has 3 aliphatic heterocycles. The molecule has 3 saturated heterocycles. The second kappa shape index (κ2) is 4.25. The van der Waals surface area contributed by atoms with Crippen LogP contribution in [0.2, 0.25) is 0 Å². The Morgan fingerprint density at radius 3 is 2.65 bits per heavy atom. The van der Waals surface area contributed by atoms with E-state index in [1.807, 2.05) is 0 Å². The summed E-state index contributed by atoms with van der Waals surface area (Å²) in [4.78, 5) is 16.2. The van der Waals surface area contributed by atoms with Crippen LogP contribution in [0.15, 0.2) is 0 Å². The van der Waals surface area contributed by atoms with Crippen molar-refractivity contribution in [3.05, 3.63) is 0 Å². The molecule has 3 rings (SSSR count). The Balaban J connectivity index is 1.67. The SMILES string of the molecule is CC1CN(C2CCN3CCC2C3)CC1C(=O)O. The van der Waals surface area contributed by atoms with Crippen LogP contribution in [0.4, 0.5) is 0 Å². The molecule has 0 aromatic carbocycles. The highest BCUT2D eigenvalue weighted by Crippen LogP contribution is 2.35. The minimum atomic E-state index is -0.608. The van der Waals surface area contributed by atoms with Gasteiger partial charge in [-0.2, -0.15) is 0 Å². The van der Waals surface area contributed by atoms with Crippen molar-refractivity contribution in [1.82, 2.24) is 9.80 Å². The Morgan fingerprint density at radius 1 is 1.18 bits per heavy atom. The maximum absolute atomic E-state index is 11.2. The fraction of sp³-hybridized carbons (Fsp3) is 0.923. The summed E-state index contributed by atoms with van der Waals surface area (Å²) in [5.74, 6) is 0.355. The summed E-state index contributed by atoms with van der Waals surface area (Å²) in [6.45, 7) is 7.56. The van der Waals surface area contributed by atoms with E-state index in [1.165, 1.54) is 32.5 Å². The van der Waals surface area contributed by atoms with Crippen molar-refractivity contribution in [2.45, 2.75) is 25.8 Å². The molecule has 5 atom stereocenters. The van der Waals surface area contributed by atoms with E-state index in [0.717, 1.165) is 19.0 Å². The molecule has 0 aromatic rings. The second-order valence-corrected chi connectivity index (χ2v) is 6.08. The summed E-state index contributed by atoms with van der Waals surface area (Å²) in [5.41, 5.74) is 0. The number of likely N-dealkylation sites (tertiary alicyclic amines) is 1. The molecule has 0 aromatic heterocycles. The number of carboxylic acid groups (broad SMARTS) is 1. The third-order valence-electron chi connectivity index (χ3n) is 5.02. The number of fused-ring (bicyclic) bond motifs is 2. The van der Waals surface area contributed by atoms with E-state index in [1.54, 1.807) is 0 Å². The maximum Gasteiger partial charge on any atom is 0.308 e. The number of hydrogen-bond acceptors (Lipinski definition) is 3. The predicted molar refractivity (Wildman–Crippen MR) is 64.8 cm³/mol. The van der Waals surface area contributed by atoms with Crippen LogP contribution in [0.3, 0.4) is 0 Å².